The van der Waals surface area contributed by atoms with E-state index in [1.807, 2.05) is 6.08 Å². The highest BCUT2D eigenvalue weighted by molar-refractivity contribution is 5.76. The molecule has 0 radical (unpaired) electrons. The van der Waals surface area contributed by atoms with E-state index in [0.29, 0.717) is 25.7 Å². The van der Waals surface area contributed by atoms with Gasteiger partial charge in [0.1, 0.15) is 73.2 Å². The molecule has 17 atom stereocenters. The van der Waals surface area contributed by atoms with Crippen LogP contribution in [0.4, 0.5) is 0 Å². The third kappa shape index (κ3) is 44.8. The van der Waals surface area contributed by atoms with E-state index >= 15 is 0 Å². The van der Waals surface area contributed by atoms with Crippen LogP contribution in [0.3, 0.4) is 0 Å². The molecular weight excluding hydrogens is 1330 g/mol. The van der Waals surface area contributed by atoms with Crippen LogP contribution in [0, 0.1) is 0 Å². The molecule has 606 valence electrons. The van der Waals surface area contributed by atoms with E-state index in [1.54, 1.807) is 0 Å². The number of hydrogen-bond acceptors (Lipinski definition) is 18. The standard InChI is InChI=1S/C86H149NO18/c1-3-5-7-9-11-13-15-17-19-21-23-25-27-29-31-33-34-36-37-39-41-43-45-47-49-51-53-55-57-59-61-63-70(91)69(87-74(92)64-62-60-58-56-54-52-50-48-46-44-42-40-38-35-32-30-28-26-24-22-20-18-16-14-12-10-8-6-4-2)68-100-84-80(98)77(95)82(72(66-89)102-84)105-86-81(99)78(96)83(73(67-90)103-86)104-85-79(97)76(94)75(93)71(65-88)101-85/h6,8,12,14,18,20,24,26,30,32,38,40,44,46,50,52,56,58,69-73,75-86,88-91,93-99H,3-5,7,9-11,13,15-17,19,21-23,25,27-29,31,33-37,39,41-43,45,47-49,51,53-55,57,59-68H2,1-2H3,(H,87,92)/b8-6-,14-12-,20-18-,26-24-,32-30-,40-38-,46-44-,52-50-,58-56-. The van der Waals surface area contributed by atoms with Crippen molar-refractivity contribution in [3.8, 4) is 0 Å². The van der Waals surface area contributed by atoms with Crippen LogP contribution in [0.5, 0.6) is 0 Å². The van der Waals surface area contributed by atoms with Crippen LogP contribution in [0.2, 0.25) is 0 Å². The second-order valence-electron chi connectivity index (χ2n) is 29.2. The second kappa shape index (κ2) is 65.2. The van der Waals surface area contributed by atoms with Gasteiger partial charge in [0, 0.05) is 6.42 Å². The number of unbranched alkanes of at least 4 members (excludes halogenated alkanes) is 31. The zero-order chi connectivity index (χ0) is 76.0. The van der Waals surface area contributed by atoms with Crippen molar-refractivity contribution in [1.82, 2.24) is 5.32 Å². The maximum atomic E-state index is 13.5. The van der Waals surface area contributed by atoms with Gasteiger partial charge in [0.2, 0.25) is 5.91 Å². The Morgan fingerprint density at radius 3 is 0.990 bits per heavy atom. The van der Waals surface area contributed by atoms with E-state index in [1.165, 1.54) is 173 Å². The number of aliphatic hydroxyl groups excluding tert-OH is 11. The van der Waals surface area contributed by atoms with Crippen molar-refractivity contribution in [2.24, 2.45) is 0 Å². The summed E-state index contributed by atoms with van der Waals surface area (Å²) in [5.74, 6) is -0.301. The first-order chi connectivity index (χ1) is 51.3. The summed E-state index contributed by atoms with van der Waals surface area (Å²) < 4.78 is 34.5. The summed E-state index contributed by atoms with van der Waals surface area (Å²) in [5, 5.41) is 121. The minimum absolute atomic E-state index is 0.180. The third-order valence-electron chi connectivity index (χ3n) is 20.1. The highest BCUT2D eigenvalue weighted by Gasteiger charge is 2.54. The Bertz CT molecular complexity index is 2320. The first kappa shape index (κ1) is 95.7. The van der Waals surface area contributed by atoms with Gasteiger partial charge in [0.15, 0.2) is 18.9 Å². The maximum absolute atomic E-state index is 13.5. The predicted octanol–water partition coefficient (Wildman–Crippen LogP) is 14.5. The number of rotatable bonds is 65. The summed E-state index contributed by atoms with van der Waals surface area (Å²) in [4.78, 5) is 13.5. The van der Waals surface area contributed by atoms with Crippen LogP contribution in [0.15, 0.2) is 109 Å². The first-order valence-electron chi connectivity index (χ1n) is 41.6. The van der Waals surface area contributed by atoms with E-state index in [9.17, 15) is 61.0 Å². The second-order valence-corrected chi connectivity index (χ2v) is 29.2. The molecule has 0 aromatic rings. The van der Waals surface area contributed by atoms with Gasteiger partial charge in [0.25, 0.3) is 0 Å². The summed E-state index contributed by atoms with van der Waals surface area (Å²) in [6, 6.07) is -0.929. The fraction of sp³-hybridized carbons (Fsp3) is 0.779. The fourth-order valence-electron chi connectivity index (χ4n) is 13.5. The third-order valence-corrected chi connectivity index (χ3v) is 20.1. The minimum Gasteiger partial charge on any atom is -0.394 e. The van der Waals surface area contributed by atoms with E-state index in [-0.39, 0.29) is 18.9 Å². The summed E-state index contributed by atoms with van der Waals surface area (Å²) in [6.07, 6.45) is 63.3. The maximum Gasteiger partial charge on any atom is 0.220 e. The van der Waals surface area contributed by atoms with Gasteiger partial charge < -0.3 is 89.9 Å². The van der Waals surface area contributed by atoms with Gasteiger partial charge >= 0.3 is 0 Å². The van der Waals surface area contributed by atoms with Crippen LogP contribution in [-0.4, -0.2) is 193 Å². The van der Waals surface area contributed by atoms with Crippen molar-refractivity contribution in [1.29, 1.82) is 0 Å². The lowest BCUT2D eigenvalue weighted by Gasteiger charge is -2.48. The van der Waals surface area contributed by atoms with Crippen LogP contribution in [-0.2, 0) is 33.2 Å². The van der Waals surface area contributed by atoms with Crippen molar-refractivity contribution in [2.75, 3.05) is 26.4 Å². The molecule has 3 rings (SSSR count). The van der Waals surface area contributed by atoms with Gasteiger partial charge in [-0.3, -0.25) is 4.79 Å². The smallest absolute Gasteiger partial charge is 0.220 e. The van der Waals surface area contributed by atoms with Gasteiger partial charge in [-0.2, -0.15) is 0 Å². The SMILES string of the molecule is CC/C=C\C/C=C\C/C=C\C/C=C\C/C=C\C/C=C\C/C=C\C/C=C\C/C=C\CCCC(=O)NC(COC1OC(CO)C(OC2OC(CO)C(OC3OC(CO)C(O)C(O)C3O)C(O)C2O)C(O)C1O)C(O)CCCCCCCCCCCCCCCCCCCCCCCCCCCCCCCCC. The molecule has 3 fully saturated rings. The van der Waals surface area contributed by atoms with E-state index in [4.69, 9.17) is 28.4 Å². The molecule has 0 saturated carbocycles. The van der Waals surface area contributed by atoms with Crippen molar-refractivity contribution in [2.45, 2.75) is 401 Å². The Hall–Kier alpha value is -3.55. The predicted molar refractivity (Wildman–Crippen MR) is 420 cm³/mol. The fourth-order valence-corrected chi connectivity index (χ4v) is 13.5. The summed E-state index contributed by atoms with van der Waals surface area (Å²) in [5.41, 5.74) is 0. The molecule has 3 aliphatic heterocycles. The van der Waals surface area contributed by atoms with Crippen LogP contribution in [0.25, 0.3) is 0 Å². The quantitative estimate of drug-likeness (QED) is 0.0199. The van der Waals surface area contributed by atoms with E-state index in [0.717, 1.165) is 77.0 Å². The number of carbonyl (C=O) groups is 1. The molecular formula is C86H149NO18. The largest absolute Gasteiger partial charge is 0.394 e. The molecule has 0 bridgehead atoms. The van der Waals surface area contributed by atoms with Crippen molar-refractivity contribution >= 4 is 5.91 Å². The number of allylic oxidation sites excluding steroid dienone is 18. The number of carbonyl (C=O) groups excluding carboxylic acids is 1. The summed E-state index contributed by atoms with van der Waals surface area (Å²) in [7, 11) is 0. The van der Waals surface area contributed by atoms with Crippen molar-refractivity contribution in [3.63, 3.8) is 0 Å². The average molecular weight is 1490 g/mol. The Morgan fingerprint density at radius 1 is 0.352 bits per heavy atom. The number of amides is 1. The molecule has 105 heavy (non-hydrogen) atoms. The van der Waals surface area contributed by atoms with Crippen LogP contribution in [0.1, 0.15) is 296 Å². The normalized spacial score (nSPS) is 26.4. The lowest BCUT2D eigenvalue weighted by Crippen LogP contribution is -2.66. The number of aliphatic hydroxyl groups is 11. The molecule has 17 unspecified atom stereocenters. The number of hydrogen-bond donors (Lipinski definition) is 12. The van der Waals surface area contributed by atoms with Crippen molar-refractivity contribution in [3.05, 3.63) is 109 Å². The topological polar surface area (TPSA) is 307 Å². The Labute approximate surface area is 634 Å². The number of ether oxygens (including phenoxy) is 6. The first-order valence-corrected chi connectivity index (χ1v) is 41.6. The molecule has 1 amide bonds. The summed E-state index contributed by atoms with van der Waals surface area (Å²) in [6.45, 7) is 1.67. The highest BCUT2D eigenvalue weighted by Crippen LogP contribution is 2.33. The lowest BCUT2D eigenvalue weighted by molar-refractivity contribution is -0.379. The molecule has 19 nitrogen and oxygen atoms in total. The van der Waals surface area contributed by atoms with Gasteiger partial charge in [-0.25, -0.2) is 0 Å². The average Bonchev–Trinajstić information content (AvgIpc) is 0.781. The van der Waals surface area contributed by atoms with E-state index < -0.39 is 124 Å². The monoisotopic (exact) mass is 1480 g/mol. The summed E-state index contributed by atoms with van der Waals surface area (Å²) >= 11 is 0. The molecule has 0 aromatic carbocycles. The molecule has 3 heterocycles. The molecule has 0 aromatic heterocycles. The molecule has 3 aliphatic rings. The van der Waals surface area contributed by atoms with Crippen LogP contribution >= 0.6 is 0 Å². The molecule has 12 N–H and O–H groups in total. The molecule has 0 spiro atoms. The molecule has 3 saturated heterocycles. The Balaban J connectivity index is 1.38. The zero-order valence-corrected chi connectivity index (χ0v) is 64.9. The van der Waals surface area contributed by atoms with Crippen LogP contribution < -0.4 is 5.32 Å². The van der Waals surface area contributed by atoms with Crippen molar-refractivity contribution < 1.29 is 89.4 Å². The molecule has 0 aliphatic carbocycles. The van der Waals surface area contributed by atoms with Gasteiger partial charge in [-0.1, -0.05) is 322 Å². The number of nitrogens with one attached hydrogen (secondary N) is 1. The zero-order valence-electron chi connectivity index (χ0n) is 64.9. The molecule has 19 heteroatoms. The highest BCUT2D eigenvalue weighted by atomic mass is 16.8. The van der Waals surface area contributed by atoms with E-state index in [2.05, 4.69) is 122 Å². The Kier molecular flexibility index (Phi) is 59.4. The van der Waals surface area contributed by atoms with Gasteiger partial charge in [-0.05, 0) is 77.0 Å². The van der Waals surface area contributed by atoms with Gasteiger partial charge in [0.05, 0.1) is 38.6 Å². The lowest BCUT2D eigenvalue weighted by atomic mass is 9.96. The Morgan fingerprint density at radius 2 is 0.648 bits per heavy atom. The van der Waals surface area contributed by atoms with Gasteiger partial charge in [-0.15, -0.1) is 0 Å². The minimum atomic E-state index is -1.98.